The van der Waals surface area contributed by atoms with E-state index in [1.165, 1.54) is 6.07 Å². The van der Waals surface area contributed by atoms with Crippen molar-refractivity contribution >= 4 is 21.8 Å². The van der Waals surface area contributed by atoms with Gasteiger partial charge in [0.2, 0.25) is 0 Å². The zero-order chi connectivity index (χ0) is 36.9. The van der Waals surface area contributed by atoms with Gasteiger partial charge in [0.05, 0.1) is 44.8 Å². The summed E-state index contributed by atoms with van der Waals surface area (Å²) in [6, 6.07) is 42.3. The third kappa shape index (κ3) is 6.16. The summed E-state index contributed by atoms with van der Waals surface area (Å²) in [6.45, 7) is 0. The van der Waals surface area contributed by atoms with E-state index in [0.717, 1.165) is 17.2 Å². The molecule has 53 heavy (non-hydrogen) atoms. The first-order valence-electron chi connectivity index (χ1n) is 16.4. The molecule has 0 saturated carbocycles. The summed E-state index contributed by atoms with van der Waals surface area (Å²) >= 11 is 0. The SMILES string of the molecule is N#Cc1ccc(-c2cc(-c3ccccc3)nc(-c3ccccc3)n2)cc1-n1c2ccccc2c2cc(-c3ccc(C(F)(F)F)cc3C(F)(F)F)ccc21. The van der Waals surface area contributed by atoms with Crippen LogP contribution in [0.25, 0.3) is 72.5 Å². The van der Waals surface area contributed by atoms with E-state index >= 15 is 0 Å². The summed E-state index contributed by atoms with van der Waals surface area (Å²) in [6.07, 6.45) is -9.98. The summed E-state index contributed by atoms with van der Waals surface area (Å²) in [4.78, 5) is 9.79. The van der Waals surface area contributed by atoms with Crippen molar-refractivity contribution in [1.82, 2.24) is 14.5 Å². The van der Waals surface area contributed by atoms with E-state index in [0.29, 0.717) is 61.9 Å². The maximum Gasteiger partial charge on any atom is 0.417 e. The van der Waals surface area contributed by atoms with Gasteiger partial charge >= 0.3 is 12.4 Å². The third-order valence-electron chi connectivity index (χ3n) is 9.12. The molecule has 0 unspecified atom stereocenters. The molecule has 2 heterocycles. The smallest absolute Gasteiger partial charge is 0.308 e. The van der Waals surface area contributed by atoms with Crippen molar-refractivity contribution < 1.29 is 26.3 Å². The minimum Gasteiger partial charge on any atom is -0.308 e. The molecule has 8 aromatic rings. The molecule has 6 aromatic carbocycles. The Kier molecular flexibility index (Phi) is 8.07. The molecule has 8 rings (SSSR count). The van der Waals surface area contributed by atoms with Crippen molar-refractivity contribution in [3.8, 4) is 56.8 Å². The number of alkyl halides is 6. The third-order valence-corrected chi connectivity index (χ3v) is 9.12. The first kappa shape index (κ1) is 33.4. The molecule has 2 aromatic heterocycles. The topological polar surface area (TPSA) is 54.5 Å². The van der Waals surface area contributed by atoms with Crippen LogP contribution in [0.1, 0.15) is 16.7 Å². The molecule has 10 heteroatoms. The Morgan fingerprint density at radius 3 is 1.81 bits per heavy atom. The van der Waals surface area contributed by atoms with Gasteiger partial charge in [0.1, 0.15) is 6.07 Å². The molecule has 0 bridgehead atoms. The van der Waals surface area contributed by atoms with E-state index in [-0.39, 0.29) is 17.2 Å². The summed E-state index contributed by atoms with van der Waals surface area (Å²) in [5.41, 5.74) is 2.76. The largest absolute Gasteiger partial charge is 0.417 e. The molecular weight excluding hydrogens is 686 g/mol. The van der Waals surface area contributed by atoms with Crippen molar-refractivity contribution in [2.24, 2.45) is 0 Å². The average molecular weight is 711 g/mol. The monoisotopic (exact) mass is 710 g/mol. The van der Waals surface area contributed by atoms with Crippen LogP contribution in [0.15, 0.2) is 146 Å². The van der Waals surface area contributed by atoms with Gasteiger partial charge in [-0.25, -0.2) is 9.97 Å². The van der Waals surface area contributed by atoms with Gasteiger partial charge in [-0.3, -0.25) is 0 Å². The van der Waals surface area contributed by atoms with Gasteiger partial charge in [-0.1, -0.05) is 97.1 Å². The van der Waals surface area contributed by atoms with Gasteiger partial charge in [-0.15, -0.1) is 0 Å². The standard InChI is InChI=1S/C43H24F6N4/c44-42(45,46)31-18-19-32(35(23-31)43(47,48)49)28-17-20-39-34(21-28)33-13-7-8-14-38(33)53(39)40-22-29(15-16-30(40)25-50)37-24-36(26-9-3-1-4-10-26)51-41(52-37)27-11-5-2-6-12-27/h1-24H. The van der Waals surface area contributed by atoms with Gasteiger partial charge < -0.3 is 4.57 Å². The molecular formula is C43H24F6N4. The van der Waals surface area contributed by atoms with E-state index in [1.54, 1.807) is 24.3 Å². The number of benzene rings is 6. The number of hydrogen-bond acceptors (Lipinski definition) is 3. The molecule has 0 aliphatic heterocycles. The van der Waals surface area contributed by atoms with Gasteiger partial charge in [0, 0.05) is 27.5 Å². The molecule has 0 N–H and O–H groups in total. The number of nitriles is 1. The Morgan fingerprint density at radius 2 is 1.13 bits per heavy atom. The van der Waals surface area contributed by atoms with Gasteiger partial charge in [0.15, 0.2) is 5.82 Å². The predicted molar refractivity (Wildman–Crippen MR) is 193 cm³/mol. The molecule has 0 saturated heterocycles. The normalized spacial score (nSPS) is 11.9. The van der Waals surface area contributed by atoms with Crippen LogP contribution < -0.4 is 0 Å². The highest BCUT2D eigenvalue weighted by Crippen LogP contribution is 2.43. The van der Waals surface area contributed by atoms with Crippen molar-refractivity contribution in [3.63, 3.8) is 0 Å². The second kappa shape index (κ2) is 12.8. The van der Waals surface area contributed by atoms with Crippen LogP contribution >= 0.6 is 0 Å². The lowest BCUT2D eigenvalue weighted by molar-refractivity contribution is -0.142. The predicted octanol–water partition coefficient (Wildman–Crippen LogP) is 12.2. The second-order valence-electron chi connectivity index (χ2n) is 12.4. The van der Waals surface area contributed by atoms with Crippen LogP contribution in [-0.2, 0) is 12.4 Å². The molecule has 4 nitrogen and oxygen atoms in total. The maximum atomic E-state index is 14.2. The van der Waals surface area contributed by atoms with Crippen LogP contribution in [-0.4, -0.2) is 14.5 Å². The van der Waals surface area contributed by atoms with Gasteiger partial charge in [-0.05, 0) is 59.7 Å². The summed E-state index contributed by atoms with van der Waals surface area (Å²) in [5.74, 6) is 0.513. The lowest BCUT2D eigenvalue weighted by Gasteiger charge is -2.16. The highest BCUT2D eigenvalue weighted by atomic mass is 19.4. The average Bonchev–Trinajstić information content (AvgIpc) is 3.50. The Bertz CT molecular complexity index is 2650. The summed E-state index contributed by atoms with van der Waals surface area (Å²) in [7, 11) is 0. The van der Waals surface area contributed by atoms with Crippen LogP contribution in [0.4, 0.5) is 26.3 Å². The van der Waals surface area contributed by atoms with Crippen LogP contribution in [0.2, 0.25) is 0 Å². The zero-order valence-corrected chi connectivity index (χ0v) is 27.4. The summed E-state index contributed by atoms with van der Waals surface area (Å²) in [5, 5.41) is 11.5. The quantitative estimate of drug-likeness (QED) is 0.167. The number of fused-ring (bicyclic) bond motifs is 3. The first-order valence-corrected chi connectivity index (χ1v) is 16.4. The minimum absolute atomic E-state index is 0.0959. The first-order chi connectivity index (χ1) is 25.5. The highest BCUT2D eigenvalue weighted by molar-refractivity contribution is 6.10. The molecule has 0 aliphatic rings. The molecule has 0 spiro atoms. The van der Waals surface area contributed by atoms with Gasteiger partial charge in [-0.2, -0.15) is 31.6 Å². The van der Waals surface area contributed by atoms with Gasteiger partial charge in [0.25, 0.3) is 0 Å². The highest BCUT2D eigenvalue weighted by Gasteiger charge is 2.38. The Morgan fingerprint density at radius 1 is 0.509 bits per heavy atom. The Labute approximate surface area is 298 Å². The minimum atomic E-state index is -5.04. The summed E-state index contributed by atoms with van der Waals surface area (Å²) < 4.78 is 84.7. The van der Waals surface area contributed by atoms with Crippen LogP contribution in [0, 0.1) is 11.3 Å². The lowest BCUT2D eigenvalue weighted by atomic mass is 9.95. The second-order valence-corrected chi connectivity index (χ2v) is 12.4. The Hall–Kier alpha value is -6.73. The fourth-order valence-electron chi connectivity index (χ4n) is 6.65. The fourth-order valence-corrected chi connectivity index (χ4v) is 6.65. The zero-order valence-electron chi connectivity index (χ0n) is 27.4. The van der Waals surface area contributed by atoms with E-state index < -0.39 is 23.5 Å². The molecule has 258 valence electrons. The Balaban J connectivity index is 1.33. The van der Waals surface area contributed by atoms with E-state index in [1.807, 2.05) is 102 Å². The van der Waals surface area contributed by atoms with E-state index in [9.17, 15) is 31.6 Å². The lowest BCUT2D eigenvalue weighted by Crippen LogP contribution is -2.12. The van der Waals surface area contributed by atoms with Crippen molar-refractivity contribution in [1.29, 1.82) is 5.26 Å². The number of rotatable bonds is 5. The number of hydrogen-bond donors (Lipinski definition) is 0. The molecule has 0 radical (unpaired) electrons. The fraction of sp³-hybridized carbons (Fsp3) is 0.0465. The van der Waals surface area contributed by atoms with E-state index in [4.69, 9.17) is 9.97 Å². The number of aromatic nitrogens is 3. The van der Waals surface area contributed by atoms with E-state index in [2.05, 4.69) is 6.07 Å². The number of para-hydroxylation sites is 1. The van der Waals surface area contributed by atoms with Crippen molar-refractivity contribution in [2.45, 2.75) is 12.4 Å². The number of nitrogens with zero attached hydrogens (tertiary/aromatic N) is 4. The van der Waals surface area contributed by atoms with Crippen molar-refractivity contribution in [2.75, 3.05) is 0 Å². The molecule has 0 atom stereocenters. The maximum absolute atomic E-state index is 14.2. The van der Waals surface area contributed by atoms with Crippen LogP contribution in [0.5, 0.6) is 0 Å². The number of halogens is 6. The molecule has 0 fully saturated rings. The van der Waals surface area contributed by atoms with Crippen molar-refractivity contribution in [3.05, 3.63) is 162 Å². The van der Waals surface area contributed by atoms with Crippen LogP contribution in [0.3, 0.4) is 0 Å². The molecule has 0 aliphatic carbocycles. The molecule has 0 amide bonds.